The Morgan fingerprint density at radius 3 is 1.16 bits per heavy atom. The summed E-state index contributed by atoms with van der Waals surface area (Å²) >= 11 is 0.569. The molecule has 0 spiro atoms. The van der Waals surface area contributed by atoms with Gasteiger partial charge in [0.25, 0.3) is 0 Å². The quantitative estimate of drug-likeness (QED) is 0.147. The molecule has 2 nitrogen and oxygen atoms in total. The molecule has 37 heavy (non-hydrogen) atoms. The maximum absolute atomic E-state index is 5.35. The van der Waals surface area contributed by atoms with Crippen LogP contribution in [0.2, 0.25) is 0 Å². The molecule has 0 fully saturated rings. The first kappa shape index (κ1) is 25.7. The van der Waals surface area contributed by atoms with Gasteiger partial charge in [0.15, 0.2) is 0 Å². The van der Waals surface area contributed by atoms with Crippen LogP contribution in [0.1, 0.15) is 22.3 Å². The first-order valence-electron chi connectivity index (χ1n) is 12.0. The van der Waals surface area contributed by atoms with Gasteiger partial charge >= 0.3 is 33.0 Å². The van der Waals surface area contributed by atoms with Gasteiger partial charge in [0.2, 0.25) is 0 Å². The van der Waals surface area contributed by atoms with Crippen LogP contribution in [0.5, 0.6) is 0 Å². The van der Waals surface area contributed by atoms with Crippen LogP contribution in [0.25, 0.3) is 32.3 Å². The molecule has 0 saturated carbocycles. The van der Waals surface area contributed by atoms with Crippen LogP contribution in [-0.2, 0) is 12.7 Å². The second-order valence-corrected chi connectivity index (χ2v) is 11.0. The zero-order valence-corrected chi connectivity index (χ0v) is 23.5. The van der Waals surface area contributed by atoms with Crippen molar-refractivity contribution in [2.24, 2.45) is 9.98 Å². The third-order valence-corrected chi connectivity index (χ3v) is 6.95. The third-order valence-electron chi connectivity index (χ3n) is 6.95. The van der Waals surface area contributed by atoms with Gasteiger partial charge in [-0.15, -0.1) is 0 Å². The molecule has 0 bridgehead atoms. The van der Waals surface area contributed by atoms with E-state index in [0.717, 1.165) is 32.9 Å². The van der Waals surface area contributed by atoms with Crippen molar-refractivity contribution < 1.29 is 12.7 Å². The van der Waals surface area contributed by atoms with Crippen LogP contribution in [0.15, 0.2) is 94.9 Å². The summed E-state index contributed by atoms with van der Waals surface area (Å²) in [6.45, 7) is 8.53. The Morgan fingerprint density at radius 2 is 0.811 bits per heavy atom. The summed E-state index contributed by atoms with van der Waals surface area (Å²) in [5, 5.41) is 9.18. The van der Waals surface area contributed by atoms with Gasteiger partial charge in [-0.2, -0.15) is 0 Å². The van der Waals surface area contributed by atoms with Crippen molar-refractivity contribution in [3.63, 3.8) is 0 Å². The van der Waals surface area contributed by atoms with Gasteiger partial charge in [-0.3, -0.25) is 0 Å². The summed E-state index contributed by atoms with van der Waals surface area (Å²) in [5.74, 6) is 0. The summed E-state index contributed by atoms with van der Waals surface area (Å²) in [4.78, 5) is 10.7. The van der Waals surface area contributed by atoms with E-state index in [1.165, 1.54) is 43.8 Å². The molecule has 6 aromatic rings. The minimum absolute atomic E-state index is 0.569. The van der Waals surface area contributed by atoms with Gasteiger partial charge < -0.3 is 0 Å². The van der Waals surface area contributed by atoms with Crippen molar-refractivity contribution in [3.8, 4) is 0 Å². The van der Waals surface area contributed by atoms with Crippen molar-refractivity contribution in [1.82, 2.24) is 0 Å². The molecule has 0 atom stereocenters. The number of aryl methyl sites for hydroxylation is 4. The predicted octanol–water partition coefficient (Wildman–Crippen LogP) is 9.10. The molecule has 6 aromatic carbocycles. The van der Waals surface area contributed by atoms with Crippen molar-refractivity contribution in [2.75, 3.05) is 0 Å². The molecule has 0 aromatic heterocycles. The molecule has 188 valence electrons. The second kappa shape index (κ2) is 10.8. The summed E-state index contributed by atoms with van der Waals surface area (Å²) in [6.07, 6.45) is 0. The molecule has 6 rings (SSSR count). The van der Waals surface area contributed by atoms with Crippen LogP contribution >= 0.6 is 20.4 Å². The standard InChI is InChI=1S/C32H26N2.2ClH.Ni/c1-19-9-5-10-20(2)29(19)33-31-25-15-7-13-23-17-18-24-14-8-16-26(28(24)27(23)25)32(31)34-30-21(3)11-6-12-22(30)4;;;/h5-18H,1-4H3;2*1H;/q;;;+2/p-2. The number of para-hydroxylation sites is 2. The zero-order valence-electron chi connectivity index (χ0n) is 21.0. The Balaban J connectivity index is 0.000000892. The number of benzene rings is 6. The van der Waals surface area contributed by atoms with E-state index in [0.29, 0.717) is 12.7 Å². The molecule has 0 aliphatic carbocycles. The molecule has 0 amide bonds. The fourth-order valence-corrected chi connectivity index (χ4v) is 5.22. The van der Waals surface area contributed by atoms with E-state index in [4.69, 9.17) is 30.4 Å². The molecule has 0 heterocycles. The van der Waals surface area contributed by atoms with Crippen LogP contribution in [0, 0.1) is 27.7 Å². The van der Waals surface area contributed by atoms with Crippen molar-refractivity contribution in [1.29, 1.82) is 0 Å². The van der Waals surface area contributed by atoms with Crippen LogP contribution < -0.4 is 10.7 Å². The van der Waals surface area contributed by atoms with Gasteiger partial charge in [0.05, 0.1) is 22.1 Å². The topological polar surface area (TPSA) is 24.7 Å². The predicted molar refractivity (Wildman–Crippen MR) is 155 cm³/mol. The van der Waals surface area contributed by atoms with Gasteiger partial charge in [0, 0.05) is 10.8 Å². The maximum atomic E-state index is 5.35. The Labute approximate surface area is 231 Å². The van der Waals surface area contributed by atoms with E-state index in [1.807, 2.05) is 0 Å². The average Bonchev–Trinajstić information content (AvgIpc) is 2.89. The van der Waals surface area contributed by atoms with Crippen LogP contribution in [-0.4, -0.2) is 0 Å². The Morgan fingerprint density at radius 1 is 0.486 bits per heavy atom. The molecule has 0 saturated heterocycles. The van der Waals surface area contributed by atoms with E-state index >= 15 is 0 Å². The van der Waals surface area contributed by atoms with E-state index in [1.54, 1.807) is 0 Å². The average molecular weight is 568 g/mol. The number of halogens is 2. The van der Waals surface area contributed by atoms with E-state index in [2.05, 4.69) is 113 Å². The number of hydrogen-bond donors (Lipinski definition) is 0. The van der Waals surface area contributed by atoms with E-state index in [-0.39, 0.29) is 0 Å². The van der Waals surface area contributed by atoms with Crippen molar-refractivity contribution in [2.45, 2.75) is 27.7 Å². The summed E-state index contributed by atoms with van der Waals surface area (Å²) in [5.41, 5.74) is 6.73. The minimum atomic E-state index is 0.569. The third kappa shape index (κ3) is 4.73. The van der Waals surface area contributed by atoms with Crippen molar-refractivity contribution in [3.05, 3.63) is 118 Å². The van der Waals surface area contributed by atoms with E-state index < -0.39 is 0 Å². The first-order chi connectivity index (χ1) is 17.9. The van der Waals surface area contributed by atoms with Gasteiger partial charge in [-0.05, 0) is 71.5 Å². The fraction of sp³-hybridized carbons (Fsp3) is 0.125. The Bertz CT molecular complexity index is 1700. The van der Waals surface area contributed by atoms with Gasteiger partial charge in [-0.1, -0.05) is 84.9 Å². The Kier molecular flexibility index (Phi) is 7.49. The SMILES string of the molecule is Cc1cccc(C)c1N=c1c(=Nc2c(C)cccc2C)c2cccc3ccc4cccc1c4c32.[Cl][Ni][Cl]. The van der Waals surface area contributed by atoms with Crippen LogP contribution in [0.4, 0.5) is 11.4 Å². The normalized spacial score (nSPS) is 12.6. The molecule has 0 aliphatic rings. The van der Waals surface area contributed by atoms with Crippen LogP contribution in [0.3, 0.4) is 0 Å². The molecule has 0 N–H and O–H groups in total. The monoisotopic (exact) mass is 566 g/mol. The van der Waals surface area contributed by atoms with Gasteiger partial charge in [0.1, 0.15) is 0 Å². The zero-order chi connectivity index (χ0) is 26.1. The molecular weight excluding hydrogens is 542 g/mol. The summed E-state index contributed by atoms with van der Waals surface area (Å²) in [6, 6.07) is 30.2. The van der Waals surface area contributed by atoms with Crippen molar-refractivity contribution >= 4 is 64.1 Å². The molecule has 5 heteroatoms. The van der Waals surface area contributed by atoms with Gasteiger partial charge in [-0.25, -0.2) is 9.98 Å². The molecule has 0 aliphatic heterocycles. The number of rotatable bonds is 2. The molecule has 0 radical (unpaired) electrons. The number of nitrogens with zero attached hydrogens (tertiary/aromatic N) is 2. The molecule has 0 unspecified atom stereocenters. The summed E-state index contributed by atoms with van der Waals surface area (Å²) < 4.78 is 0. The van der Waals surface area contributed by atoms with E-state index in [9.17, 15) is 0 Å². The second-order valence-electron chi connectivity index (χ2n) is 9.32. The summed E-state index contributed by atoms with van der Waals surface area (Å²) in [7, 11) is 9.40. The first-order valence-corrected chi connectivity index (χ1v) is 14.7. The number of hydrogen-bond acceptors (Lipinski definition) is 2. The molecular formula is C32H26Cl2N2Ni. The Hall–Kier alpha value is -2.97. The fourth-order valence-electron chi connectivity index (χ4n) is 5.22.